The summed E-state index contributed by atoms with van der Waals surface area (Å²) < 4.78 is 44.1. The molecule has 17 heavy (non-hydrogen) atoms. The highest BCUT2D eigenvalue weighted by Gasteiger charge is 2.37. The lowest BCUT2D eigenvalue weighted by atomic mass is 10.2. The highest BCUT2D eigenvalue weighted by Crippen LogP contribution is 2.30. The molecule has 0 N–H and O–H groups in total. The third-order valence-electron chi connectivity index (χ3n) is 2.64. The van der Waals surface area contributed by atoms with Gasteiger partial charge in [-0.1, -0.05) is 0 Å². The number of ether oxygens (including phenoxy) is 1. The molecule has 0 saturated heterocycles. The summed E-state index contributed by atoms with van der Waals surface area (Å²) in [4.78, 5) is 15.2. The van der Waals surface area contributed by atoms with Crippen molar-refractivity contribution >= 4 is 0 Å². The second-order valence-electron chi connectivity index (χ2n) is 3.88. The molecule has 7 heteroatoms. The van der Waals surface area contributed by atoms with Gasteiger partial charge in [0.2, 0.25) is 0 Å². The molecule has 0 amide bonds. The van der Waals surface area contributed by atoms with E-state index < -0.39 is 17.4 Å². The van der Waals surface area contributed by atoms with Crippen LogP contribution in [0.15, 0.2) is 4.79 Å². The number of halogens is 3. The quantitative estimate of drug-likeness (QED) is 0.702. The Kier molecular flexibility index (Phi) is 2.84. The van der Waals surface area contributed by atoms with Crippen LogP contribution >= 0.6 is 0 Å². The highest BCUT2D eigenvalue weighted by atomic mass is 19.4. The van der Waals surface area contributed by atoms with Crippen LogP contribution in [0.25, 0.3) is 0 Å². The van der Waals surface area contributed by atoms with Gasteiger partial charge >= 0.3 is 6.18 Å². The van der Waals surface area contributed by atoms with Gasteiger partial charge in [0.05, 0.1) is 6.61 Å². The van der Waals surface area contributed by atoms with Crippen molar-refractivity contribution < 1.29 is 17.9 Å². The zero-order valence-electron chi connectivity index (χ0n) is 9.17. The number of hydrogen-bond donors (Lipinski definition) is 0. The van der Waals surface area contributed by atoms with Gasteiger partial charge in [0, 0.05) is 12.1 Å². The fraction of sp³-hybridized carbons (Fsp3) is 0.600. The summed E-state index contributed by atoms with van der Waals surface area (Å²) in [5.74, 6) is 0. The van der Waals surface area contributed by atoms with Crippen molar-refractivity contribution in [2.45, 2.75) is 32.5 Å². The van der Waals surface area contributed by atoms with Crippen LogP contribution in [0.2, 0.25) is 0 Å². The third kappa shape index (κ3) is 2.13. The van der Waals surface area contributed by atoms with E-state index in [1.807, 2.05) is 0 Å². The number of nitrogens with zero attached hydrogens (tertiary/aromatic N) is 2. The second-order valence-corrected chi connectivity index (χ2v) is 3.88. The monoisotopic (exact) mass is 248 g/mol. The number of alkyl halides is 3. The first kappa shape index (κ1) is 11.9. The van der Waals surface area contributed by atoms with Gasteiger partial charge in [0.25, 0.3) is 11.6 Å². The SMILES string of the molecule is Cc1c(C(F)(F)F)nc2n(c1=O)CCCCO2. The van der Waals surface area contributed by atoms with Gasteiger partial charge in [-0.05, 0) is 19.8 Å². The number of aromatic nitrogens is 2. The van der Waals surface area contributed by atoms with Gasteiger partial charge in [0.15, 0.2) is 5.69 Å². The molecule has 1 aromatic rings. The number of fused-ring (bicyclic) bond motifs is 1. The lowest BCUT2D eigenvalue weighted by molar-refractivity contribution is -0.142. The minimum Gasteiger partial charge on any atom is -0.465 e. The van der Waals surface area contributed by atoms with Crippen LogP contribution in [0.1, 0.15) is 24.1 Å². The molecular weight excluding hydrogens is 237 g/mol. The fourth-order valence-corrected chi connectivity index (χ4v) is 1.75. The maximum atomic E-state index is 12.6. The summed E-state index contributed by atoms with van der Waals surface area (Å²) in [6.07, 6.45) is -3.24. The molecule has 0 spiro atoms. The van der Waals surface area contributed by atoms with Gasteiger partial charge in [-0.25, -0.2) is 0 Å². The molecule has 0 bridgehead atoms. The standard InChI is InChI=1S/C10H11F3N2O2/c1-6-7(10(11,12)13)14-9-15(8(6)16)4-2-3-5-17-9/h2-5H2,1H3. The third-order valence-corrected chi connectivity index (χ3v) is 2.64. The molecule has 94 valence electrons. The van der Waals surface area contributed by atoms with E-state index in [4.69, 9.17) is 4.74 Å². The van der Waals surface area contributed by atoms with Gasteiger partial charge < -0.3 is 4.74 Å². The van der Waals surface area contributed by atoms with E-state index in [9.17, 15) is 18.0 Å². The predicted molar refractivity (Wildman–Crippen MR) is 53.0 cm³/mol. The van der Waals surface area contributed by atoms with Gasteiger partial charge in [-0.3, -0.25) is 9.36 Å². The van der Waals surface area contributed by atoms with E-state index in [2.05, 4.69) is 4.98 Å². The first-order chi connectivity index (χ1) is 7.91. The number of rotatable bonds is 0. The van der Waals surface area contributed by atoms with Crippen LogP contribution in [0.5, 0.6) is 6.01 Å². The first-order valence-electron chi connectivity index (χ1n) is 5.22. The Hall–Kier alpha value is -1.53. The van der Waals surface area contributed by atoms with Crippen LogP contribution in [0.4, 0.5) is 13.2 Å². The summed E-state index contributed by atoms with van der Waals surface area (Å²) >= 11 is 0. The smallest absolute Gasteiger partial charge is 0.434 e. The molecule has 0 fully saturated rings. The van der Waals surface area contributed by atoms with Crippen molar-refractivity contribution in [2.75, 3.05) is 6.61 Å². The zero-order valence-corrected chi connectivity index (χ0v) is 9.17. The van der Waals surface area contributed by atoms with E-state index >= 15 is 0 Å². The average Bonchev–Trinajstić information content (AvgIpc) is 2.46. The Morgan fingerprint density at radius 2 is 2.06 bits per heavy atom. The van der Waals surface area contributed by atoms with Crippen LogP contribution in [-0.2, 0) is 12.7 Å². The van der Waals surface area contributed by atoms with Crippen LogP contribution in [0, 0.1) is 6.92 Å². The molecule has 2 rings (SSSR count). The molecule has 1 aliphatic heterocycles. The summed E-state index contributed by atoms with van der Waals surface area (Å²) in [6.45, 7) is 1.77. The second kappa shape index (κ2) is 4.05. The largest absolute Gasteiger partial charge is 0.465 e. The number of hydrogen-bond acceptors (Lipinski definition) is 3. The summed E-state index contributed by atoms with van der Waals surface area (Å²) in [5, 5.41) is 0. The molecule has 0 unspecified atom stereocenters. The maximum Gasteiger partial charge on any atom is 0.434 e. The van der Waals surface area contributed by atoms with Crippen molar-refractivity contribution in [3.63, 3.8) is 0 Å². The van der Waals surface area contributed by atoms with Crippen molar-refractivity contribution in [3.05, 3.63) is 21.6 Å². The molecular formula is C10H11F3N2O2. The molecule has 0 radical (unpaired) electrons. The van der Waals surface area contributed by atoms with Gasteiger partial charge in [-0.15, -0.1) is 0 Å². The fourth-order valence-electron chi connectivity index (χ4n) is 1.75. The zero-order chi connectivity index (χ0) is 12.6. The first-order valence-corrected chi connectivity index (χ1v) is 5.22. The Balaban J connectivity index is 2.64. The van der Waals surface area contributed by atoms with Crippen molar-refractivity contribution in [1.82, 2.24) is 9.55 Å². The van der Waals surface area contributed by atoms with Crippen molar-refractivity contribution in [3.8, 4) is 6.01 Å². The maximum absolute atomic E-state index is 12.6. The highest BCUT2D eigenvalue weighted by molar-refractivity contribution is 5.22. The van der Waals surface area contributed by atoms with Gasteiger partial charge in [0.1, 0.15) is 0 Å². The summed E-state index contributed by atoms with van der Waals surface area (Å²) in [7, 11) is 0. The summed E-state index contributed by atoms with van der Waals surface area (Å²) in [5.41, 5.74) is -2.22. The Morgan fingerprint density at radius 1 is 1.35 bits per heavy atom. The topological polar surface area (TPSA) is 44.1 Å². The van der Waals surface area contributed by atoms with Crippen molar-refractivity contribution in [1.29, 1.82) is 0 Å². The molecule has 1 aromatic heterocycles. The molecule has 0 aromatic carbocycles. The van der Waals surface area contributed by atoms with Crippen LogP contribution < -0.4 is 10.3 Å². The van der Waals surface area contributed by atoms with E-state index in [0.29, 0.717) is 19.4 Å². The minimum absolute atomic E-state index is 0.231. The molecule has 4 nitrogen and oxygen atoms in total. The normalized spacial score (nSPS) is 16.0. The van der Waals surface area contributed by atoms with E-state index in [1.165, 1.54) is 0 Å². The Bertz CT molecular complexity index is 494. The van der Waals surface area contributed by atoms with E-state index in [0.717, 1.165) is 11.5 Å². The van der Waals surface area contributed by atoms with Crippen LogP contribution in [0.3, 0.4) is 0 Å². The molecule has 2 heterocycles. The van der Waals surface area contributed by atoms with Crippen molar-refractivity contribution in [2.24, 2.45) is 0 Å². The lowest BCUT2D eigenvalue weighted by Crippen LogP contribution is -2.28. The Labute approximate surface area is 95.0 Å². The van der Waals surface area contributed by atoms with E-state index in [-0.39, 0.29) is 18.2 Å². The predicted octanol–water partition coefficient (Wildman–Crippen LogP) is 1.74. The average molecular weight is 248 g/mol. The summed E-state index contributed by atoms with van der Waals surface area (Å²) in [6, 6.07) is -0.231. The van der Waals surface area contributed by atoms with E-state index in [1.54, 1.807) is 0 Å². The molecule has 0 saturated carbocycles. The molecule has 0 aliphatic carbocycles. The minimum atomic E-state index is -4.63. The van der Waals surface area contributed by atoms with Gasteiger partial charge in [-0.2, -0.15) is 18.2 Å². The molecule has 1 aliphatic rings. The lowest BCUT2D eigenvalue weighted by Gasteiger charge is -2.14. The molecule has 0 atom stereocenters. The van der Waals surface area contributed by atoms with Crippen LogP contribution in [-0.4, -0.2) is 16.2 Å². The Morgan fingerprint density at radius 3 is 2.71 bits per heavy atom.